The number of halogens is 1. The highest BCUT2D eigenvalue weighted by Gasteiger charge is 2.48. The van der Waals surface area contributed by atoms with Gasteiger partial charge in [0.1, 0.15) is 0 Å². The maximum Gasteiger partial charge on any atom is 0.242 e. The highest BCUT2D eigenvalue weighted by Crippen LogP contribution is 2.35. The third kappa shape index (κ3) is 2.89. The van der Waals surface area contributed by atoms with E-state index in [1.165, 1.54) is 0 Å². The van der Waals surface area contributed by atoms with Crippen molar-refractivity contribution in [2.45, 2.75) is 37.3 Å². The lowest BCUT2D eigenvalue weighted by molar-refractivity contribution is -0.135. The summed E-state index contributed by atoms with van der Waals surface area (Å²) in [6.45, 7) is 1.39. The average molecular weight is 347 g/mol. The molecule has 1 saturated carbocycles. The number of carbonyl (C=O) groups excluding carboxylic acids is 1. The Hall–Kier alpha value is -1.99. The van der Waals surface area contributed by atoms with Crippen LogP contribution in [0.15, 0.2) is 24.3 Å². The summed E-state index contributed by atoms with van der Waals surface area (Å²) in [5, 5.41) is 13.5. The van der Waals surface area contributed by atoms with Gasteiger partial charge in [0.25, 0.3) is 0 Å². The second kappa shape index (κ2) is 5.82. The van der Waals surface area contributed by atoms with E-state index in [2.05, 4.69) is 15.4 Å². The summed E-state index contributed by atoms with van der Waals surface area (Å²) >= 11 is 5.90. The molecule has 1 aliphatic carbocycles. The molecular formula is C16H19ClN6O. The van der Waals surface area contributed by atoms with E-state index in [1.807, 2.05) is 29.2 Å². The molecule has 126 valence electrons. The summed E-state index contributed by atoms with van der Waals surface area (Å²) in [7, 11) is 0. The normalized spacial score (nSPS) is 20.2. The van der Waals surface area contributed by atoms with E-state index in [0.29, 0.717) is 23.9 Å². The Morgan fingerprint density at radius 1 is 1.21 bits per heavy atom. The van der Waals surface area contributed by atoms with E-state index < -0.39 is 5.54 Å². The van der Waals surface area contributed by atoms with Gasteiger partial charge in [-0.3, -0.25) is 4.79 Å². The number of carbonyl (C=O) groups is 1. The lowest BCUT2D eigenvalue weighted by atomic mass is 10.0. The zero-order valence-electron chi connectivity index (χ0n) is 13.2. The second-order valence-corrected chi connectivity index (χ2v) is 7.06. The minimum absolute atomic E-state index is 0.0920. The van der Waals surface area contributed by atoms with Crippen LogP contribution in [-0.4, -0.2) is 49.6 Å². The number of tetrazole rings is 1. The molecule has 2 heterocycles. The summed E-state index contributed by atoms with van der Waals surface area (Å²) < 4.78 is 0. The van der Waals surface area contributed by atoms with Crippen LogP contribution in [0, 0.1) is 0 Å². The number of nitrogens with zero attached hydrogens (tertiary/aromatic N) is 5. The van der Waals surface area contributed by atoms with Crippen molar-refractivity contribution in [3.05, 3.63) is 29.3 Å². The molecule has 4 rings (SSSR count). The number of rotatable bonds is 3. The van der Waals surface area contributed by atoms with Crippen molar-refractivity contribution in [2.75, 3.05) is 13.1 Å². The quantitative estimate of drug-likeness (QED) is 0.912. The summed E-state index contributed by atoms with van der Waals surface area (Å²) in [5.41, 5.74) is 6.31. The van der Waals surface area contributed by atoms with Crippen LogP contribution in [0.1, 0.15) is 31.7 Å². The van der Waals surface area contributed by atoms with E-state index >= 15 is 0 Å². The van der Waals surface area contributed by atoms with Crippen molar-refractivity contribution >= 4 is 17.5 Å². The molecule has 8 heteroatoms. The molecule has 0 unspecified atom stereocenters. The first-order valence-electron chi connectivity index (χ1n) is 8.19. The topological polar surface area (TPSA) is 89.9 Å². The molecule has 0 atom stereocenters. The maximum atomic E-state index is 12.3. The van der Waals surface area contributed by atoms with Crippen LogP contribution in [0.5, 0.6) is 0 Å². The molecule has 2 aliphatic rings. The van der Waals surface area contributed by atoms with Gasteiger partial charge in [0, 0.05) is 23.7 Å². The Kier molecular flexibility index (Phi) is 3.77. The van der Waals surface area contributed by atoms with Crippen LogP contribution < -0.4 is 5.73 Å². The number of benzene rings is 1. The number of hydrogen-bond donors (Lipinski definition) is 1. The predicted octanol–water partition coefficient (Wildman–Crippen LogP) is 1.65. The number of nitrogens with two attached hydrogens (primary N) is 1. The number of likely N-dealkylation sites (tertiary alicyclic amines) is 1. The van der Waals surface area contributed by atoms with Crippen molar-refractivity contribution < 1.29 is 4.79 Å². The van der Waals surface area contributed by atoms with Gasteiger partial charge in [0.2, 0.25) is 11.7 Å². The first-order chi connectivity index (χ1) is 11.5. The highest BCUT2D eigenvalue weighted by molar-refractivity contribution is 6.30. The molecule has 2 aromatic rings. The molecule has 7 nitrogen and oxygen atoms in total. The molecular weight excluding hydrogens is 328 g/mol. The summed E-state index contributed by atoms with van der Waals surface area (Å²) in [6.07, 6.45) is 3.25. The van der Waals surface area contributed by atoms with Crippen LogP contribution in [0.2, 0.25) is 5.02 Å². The number of piperidine rings is 1. The maximum absolute atomic E-state index is 12.3. The third-order valence-corrected chi connectivity index (χ3v) is 5.08. The molecule has 0 radical (unpaired) electrons. The van der Waals surface area contributed by atoms with Gasteiger partial charge in [0.05, 0.1) is 11.6 Å². The zero-order chi connectivity index (χ0) is 16.7. The fraction of sp³-hybridized carbons (Fsp3) is 0.500. The summed E-state index contributed by atoms with van der Waals surface area (Å²) in [6, 6.07) is 7.53. The SMILES string of the molecule is NC1(C(=O)N2CCC(n3nnc(-c4ccc(Cl)cc4)n3)CC2)CC1. The standard InChI is InChI=1S/C16H19ClN6O/c17-12-3-1-11(2-4-12)14-19-21-23(20-14)13-5-9-22(10-6-13)15(24)16(18)7-8-16/h1-4,13H,5-10,18H2. The molecule has 24 heavy (non-hydrogen) atoms. The fourth-order valence-corrected chi connectivity index (χ4v) is 3.18. The van der Waals surface area contributed by atoms with E-state index in [1.54, 1.807) is 4.80 Å². The third-order valence-electron chi connectivity index (χ3n) is 4.82. The lowest BCUT2D eigenvalue weighted by Crippen LogP contribution is -2.49. The van der Waals surface area contributed by atoms with E-state index in [-0.39, 0.29) is 11.9 Å². The summed E-state index contributed by atoms with van der Waals surface area (Å²) in [5.74, 6) is 0.679. The van der Waals surface area contributed by atoms with Crippen LogP contribution >= 0.6 is 11.6 Å². The summed E-state index contributed by atoms with van der Waals surface area (Å²) in [4.78, 5) is 15.8. The second-order valence-electron chi connectivity index (χ2n) is 6.62. The van der Waals surface area contributed by atoms with Crippen LogP contribution in [0.3, 0.4) is 0 Å². The molecule has 2 N–H and O–H groups in total. The van der Waals surface area contributed by atoms with Gasteiger partial charge < -0.3 is 10.6 Å². The van der Waals surface area contributed by atoms with Crippen molar-refractivity contribution in [2.24, 2.45) is 5.73 Å². The first-order valence-corrected chi connectivity index (χ1v) is 8.57. The van der Waals surface area contributed by atoms with Gasteiger partial charge in [-0.25, -0.2) is 0 Å². The molecule has 1 amide bonds. The monoisotopic (exact) mass is 346 g/mol. The Bertz CT molecular complexity index is 746. The predicted molar refractivity (Wildman–Crippen MR) is 89.3 cm³/mol. The van der Waals surface area contributed by atoms with Gasteiger partial charge in [-0.05, 0) is 55.2 Å². The van der Waals surface area contributed by atoms with Crippen molar-refractivity contribution in [1.82, 2.24) is 25.1 Å². The number of amides is 1. The van der Waals surface area contributed by atoms with Crippen molar-refractivity contribution in [1.29, 1.82) is 0 Å². The average Bonchev–Trinajstić information content (AvgIpc) is 3.17. The minimum Gasteiger partial charge on any atom is -0.341 e. The molecule has 0 spiro atoms. The van der Waals surface area contributed by atoms with Crippen molar-refractivity contribution in [3.63, 3.8) is 0 Å². The van der Waals surface area contributed by atoms with E-state index in [0.717, 1.165) is 31.2 Å². The number of aromatic nitrogens is 4. The highest BCUT2D eigenvalue weighted by atomic mass is 35.5. The van der Waals surface area contributed by atoms with Gasteiger partial charge in [-0.1, -0.05) is 11.6 Å². The fourth-order valence-electron chi connectivity index (χ4n) is 3.06. The Balaban J connectivity index is 1.41. The van der Waals surface area contributed by atoms with E-state index in [4.69, 9.17) is 17.3 Å². The van der Waals surface area contributed by atoms with Gasteiger partial charge in [-0.2, -0.15) is 4.80 Å². The van der Waals surface area contributed by atoms with Crippen LogP contribution in [0.25, 0.3) is 11.4 Å². The van der Waals surface area contributed by atoms with Crippen LogP contribution in [0.4, 0.5) is 0 Å². The molecule has 0 bridgehead atoms. The molecule has 1 aliphatic heterocycles. The van der Waals surface area contributed by atoms with Gasteiger partial charge >= 0.3 is 0 Å². The Morgan fingerprint density at radius 2 is 1.88 bits per heavy atom. The smallest absolute Gasteiger partial charge is 0.242 e. The lowest BCUT2D eigenvalue weighted by Gasteiger charge is -2.32. The molecule has 2 fully saturated rings. The molecule has 1 aromatic carbocycles. The Labute approximate surface area is 144 Å². The largest absolute Gasteiger partial charge is 0.341 e. The van der Waals surface area contributed by atoms with Gasteiger partial charge in [0.15, 0.2) is 0 Å². The molecule has 1 aromatic heterocycles. The van der Waals surface area contributed by atoms with Gasteiger partial charge in [-0.15, -0.1) is 10.2 Å². The van der Waals surface area contributed by atoms with Crippen molar-refractivity contribution in [3.8, 4) is 11.4 Å². The Morgan fingerprint density at radius 3 is 2.50 bits per heavy atom. The van der Waals surface area contributed by atoms with Crippen LogP contribution in [-0.2, 0) is 4.79 Å². The zero-order valence-corrected chi connectivity index (χ0v) is 14.0. The number of hydrogen-bond acceptors (Lipinski definition) is 5. The first kappa shape index (κ1) is 15.5. The minimum atomic E-state index is -0.583. The molecule has 1 saturated heterocycles. The van der Waals surface area contributed by atoms with E-state index in [9.17, 15) is 4.79 Å².